The van der Waals surface area contributed by atoms with E-state index < -0.39 is 50.7 Å². The van der Waals surface area contributed by atoms with Crippen molar-refractivity contribution in [2.24, 2.45) is 0 Å². The van der Waals surface area contributed by atoms with Crippen LogP contribution in [0, 0.1) is 0 Å². The number of ether oxygens (including phenoxy) is 2. The van der Waals surface area contributed by atoms with E-state index in [4.69, 9.17) is 15.8 Å². The summed E-state index contributed by atoms with van der Waals surface area (Å²) in [5.41, 5.74) is -1.30. The number of hydrogen-bond acceptors (Lipinski definition) is 4. The monoisotopic (exact) mass is 452 g/mol. The summed E-state index contributed by atoms with van der Waals surface area (Å²) in [4.78, 5) is 0. The van der Waals surface area contributed by atoms with Crippen LogP contribution in [-0.2, 0) is 9.47 Å². The molecular formula is C20H44BO4P3. The lowest BCUT2D eigenvalue weighted by atomic mass is 9.83. The molecule has 28 heavy (non-hydrogen) atoms. The molecule has 0 aromatic heterocycles. The van der Waals surface area contributed by atoms with E-state index in [1.54, 1.807) is 14.8 Å². The summed E-state index contributed by atoms with van der Waals surface area (Å²) >= 11 is 0. The molecule has 1 aliphatic rings. The smallest absolute Gasteiger partial charge is 0.186 e. The Morgan fingerprint density at radius 2 is 1.61 bits per heavy atom. The number of rotatable bonds is 11. The first-order valence-electron chi connectivity index (χ1n) is 10.5. The molecule has 0 saturated carbocycles. The maximum atomic E-state index is 10.4. The average molecular weight is 452 g/mol. The molecule has 8 heteroatoms. The summed E-state index contributed by atoms with van der Waals surface area (Å²) in [6, 6.07) is -0.476. The van der Waals surface area contributed by atoms with E-state index in [0.29, 0.717) is 0 Å². The van der Waals surface area contributed by atoms with Crippen LogP contribution >= 0.6 is 21.3 Å². The first-order chi connectivity index (χ1) is 12.7. The van der Waals surface area contributed by atoms with Crippen molar-refractivity contribution >= 4 is 48.1 Å². The van der Waals surface area contributed by atoms with Gasteiger partial charge in [-0.15, -0.1) is 32.7 Å². The van der Waals surface area contributed by atoms with Gasteiger partial charge in [0.2, 0.25) is 0 Å². The fourth-order valence-electron chi connectivity index (χ4n) is 3.30. The Kier molecular flexibility index (Phi) is 9.54. The molecule has 2 N–H and O–H groups in total. The van der Waals surface area contributed by atoms with Gasteiger partial charge in [0.15, 0.2) is 6.29 Å². The lowest BCUT2D eigenvalue weighted by Gasteiger charge is -2.37. The predicted octanol–water partition coefficient (Wildman–Crippen LogP) is 2.73. The van der Waals surface area contributed by atoms with Crippen molar-refractivity contribution in [1.29, 1.82) is 0 Å². The number of aliphatic hydroxyl groups excluding tert-OH is 1. The zero-order chi connectivity index (χ0) is 22.0. The molecule has 6 atom stereocenters. The van der Waals surface area contributed by atoms with E-state index in [1.807, 2.05) is 13.8 Å². The Balaban J connectivity index is 2.82. The molecule has 4 nitrogen and oxygen atoms in total. The second kappa shape index (κ2) is 9.95. The summed E-state index contributed by atoms with van der Waals surface area (Å²) in [6.07, 6.45) is 17.9. The maximum Gasteiger partial charge on any atom is 0.186 e. The molecule has 1 rings (SSSR count). The highest BCUT2D eigenvalue weighted by Gasteiger charge is 2.51. The van der Waals surface area contributed by atoms with Crippen LogP contribution in [0.5, 0.6) is 0 Å². The largest absolute Gasteiger partial charge is 0.385 e. The number of hydrogen-bond donors (Lipinski definition) is 2. The van der Waals surface area contributed by atoms with E-state index in [1.165, 1.54) is 24.6 Å². The summed E-state index contributed by atoms with van der Waals surface area (Å²) in [7, 11) is 0.614. The van der Waals surface area contributed by atoms with E-state index in [2.05, 4.69) is 33.4 Å². The van der Waals surface area contributed by atoms with Gasteiger partial charge in [-0.3, -0.25) is 0 Å². The minimum atomic E-state index is -1.34. The molecule has 1 heterocycles. The third-order valence-electron chi connectivity index (χ3n) is 6.87. The van der Waals surface area contributed by atoms with Gasteiger partial charge in [0, 0.05) is 0 Å². The highest BCUT2D eigenvalue weighted by molar-refractivity contribution is 7.84. The maximum absolute atomic E-state index is 10.4. The fraction of sp³-hybridized carbons (Fsp3) is 0.850. The van der Waals surface area contributed by atoms with Gasteiger partial charge in [-0.05, 0) is 57.5 Å². The van der Waals surface area contributed by atoms with Crippen LogP contribution in [-0.4, -0.2) is 103 Å². The molecule has 0 radical (unpaired) electrons. The zero-order valence-electron chi connectivity index (χ0n) is 19.2. The summed E-state index contributed by atoms with van der Waals surface area (Å²) in [5, 5.41) is 20.3. The van der Waals surface area contributed by atoms with Crippen molar-refractivity contribution in [2.45, 2.75) is 70.9 Å². The Morgan fingerprint density at radius 1 is 1.14 bits per heavy atom. The molecule has 166 valence electrons. The van der Waals surface area contributed by atoms with Gasteiger partial charge < -0.3 is 19.7 Å². The van der Waals surface area contributed by atoms with Gasteiger partial charge in [-0.25, -0.2) is 0 Å². The SMILES string of the molecule is B[C@@H]1O[C@H](OC(C)(C)[PH](=C)CP(=C)(CC)CCP(=C)(CC)CC)[C@@H](O)[C@@]1(C)O. The van der Waals surface area contributed by atoms with Gasteiger partial charge in [-0.1, -0.05) is 28.3 Å². The summed E-state index contributed by atoms with van der Waals surface area (Å²) < 4.78 is 11.9. The number of aliphatic hydroxyl groups is 2. The van der Waals surface area contributed by atoms with E-state index in [9.17, 15) is 10.2 Å². The molecule has 0 aromatic rings. The second-order valence-electron chi connectivity index (χ2n) is 9.29. The van der Waals surface area contributed by atoms with Crippen LogP contribution in [0.1, 0.15) is 41.5 Å². The molecule has 0 amide bonds. The second-order valence-corrected chi connectivity index (χ2v) is 21.1. The molecule has 1 fully saturated rings. The van der Waals surface area contributed by atoms with Crippen LogP contribution in [0.3, 0.4) is 0 Å². The molecule has 2 unspecified atom stereocenters. The third-order valence-corrected chi connectivity index (χ3v) is 19.6. The van der Waals surface area contributed by atoms with Crippen molar-refractivity contribution < 1.29 is 19.7 Å². The Labute approximate surface area is 175 Å². The van der Waals surface area contributed by atoms with Gasteiger partial charge in [-0.2, -0.15) is 0 Å². The van der Waals surface area contributed by atoms with E-state index >= 15 is 0 Å². The van der Waals surface area contributed by atoms with Gasteiger partial charge in [0.1, 0.15) is 19.6 Å². The van der Waals surface area contributed by atoms with Crippen molar-refractivity contribution in [1.82, 2.24) is 0 Å². The predicted molar refractivity (Wildman–Crippen MR) is 139 cm³/mol. The van der Waals surface area contributed by atoms with E-state index in [-0.39, 0.29) is 0 Å². The topological polar surface area (TPSA) is 58.9 Å². The highest BCUT2D eigenvalue weighted by atomic mass is 31.2. The Hall–Kier alpha value is 0.805. The molecule has 0 bridgehead atoms. The first-order valence-corrected chi connectivity index (χ1v) is 17.5. The molecular weight excluding hydrogens is 408 g/mol. The van der Waals surface area contributed by atoms with Gasteiger partial charge in [0.05, 0.1) is 11.3 Å². The summed E-state index contributed by atoms with van der Waals surface area (Å²) in [6.45, 7) is 10.1. The van der Waals surface area contributed by atoms with E-state index in [0.717, 1.165) is 12.1 Å². The van der Waals surface area contributed by atoms with Crippen molar-refractivity contribution in [3.8, 4) is 0 Å². The third kappa shape index (κ3) is 6.40. The standard InChI is InChI=1S/C20H44BO4P3/c1-10-27(8,11-2)13-14-28(9,12-3)15-26(7)19(4,5)25-17-16(22)20(6,23)18(21)24-17/h16-18,22-23,26H,7-15,21H2,1-6H3/t16-,17-,18-,20-,28?/m1/s1. The van der Waals surface area contributed by atoms with Crippen molar-refractivity contribution in [3.05, 3.63) is 0 Å². The van der Waals surface area contributed by atoms with Gasteiger partial charge >= 0.3 is 0 Å². The van der Waals surface area contributed by atoms with Crippen LogP contribution in [0.2, 0.25) is 0 Å². The molecule has 0 spiro atoms. The van der Waals surface area contributed by atoms with Crippen molar-refractivity contribution in [3.63, 3.8) is 0 Å². The molecule has 1 saturated heterocycles. The quantitative estimate of drug-likeness (QED) is 0.374. The average Bonchev–Trinajstić information content (AvgIpc) is 2.82. The summed E-state index contributed by atoms with van der Waals surface area (Å²) in [5.74, 6) is 1.04. The Morgan fingerprint density at radius 3 is 2.00 bits per heavy atom. The minimum absolute atomic E-state index is 0.476. The van der Waals surface area contributed by atoms with Crippen LogP contribution < -0.4 is 0 Å². The normalized spacial score (nSPS) is 32.2. The molecule has 0 aliphatic carbocycles. The van der Waals surface area contributed by atoms with Crippen LogP contribution in [0.15, 0.2) is 0 Å². The van der Waals surface area contributed by atoms with Crippen molar-refractivity contribution in [2.75, 3.05) is 36.7 Å². The zero-order valence-corrected chi connectivity index (χ0v) is 22.0. The van der Waals surface area contributed by atoms with Crippen LogP contribution in [0.25, 0.3) is 0 Å². The van der Waals surface area contributed by atoms with Crippen LogP contribution in [0.4, 0.5) is 0 Å². The lowest BCUT2D eigenvalue weighted by Crippen LogP contribution is -2.46. The Bertz CT molecular complexity index is 639. The molecule has 1 aliphatic heterocycles. The van der Waals surface area contributed by atoms with Gasteiger partial charge in [0.25, 0.3) is 0 Å². The molecule has 0 aromatic carbocycles. The highest BCUT2D eigenvalue weighted by Crippen LogP contribution is 2.59. The minimum Gasteiger partial charge on any atom is -0.385 e. The lowest BCUT2D eigenvalue weighted by molar-refractivity contribution is -0.188. The fourth-order valence-corrected chi connectivity index (χ4v) is 14.7. The first kappa shape index (κ1) is 26.8.